The van der Waals surface area contributed by atoms with E-state index in [1.807, 2.05) is 0 Å². The lowest BCUT2D eigenvalue weighted by molar-refractivity contribution is -0.274. The highest BCUT2D eigenvalue weighted by Gasteiger charge is 2.31. The van der Waals surface area contributed by atoms with Crippen LogP contribution in [-0.2, 0) is 4.74 Å². The van der Waals surface area contributed by atoms with E-state index in [9.17, 15) is 13.2 Å². The van der Waals surface area contributed by atoms with Crippen molar-refractivity contribution >= 4 is 5.95 Å². The van der Waals surface area contributed by atoms with Gasteiger partial charge in [0.2, 0.25) is 11.8 Å². The largest absolute Gasteiger partial charge is 0.573 e. The highest BCUT2D eigenvalue weighted by atomic mass is 19.4. The molecule has 2 aliphatic rings. The second kappa shape index (κ2) is 10.6. The number of aromatic nitrogens is 2. The molecule has 0 atom stereocenters. The summed E-state index contributed by atoms with van der Waals surface area (Å²) in [6.07, 6.45) is 3.29. The zero-order chi connectivity index (χ0) is 23.3. The maximum Gasteiger partial charge on any atom is 0.573 e. The molecule has 2 heterocycles. The van der Waals surface area contributed by atoms with E-state index in [4.69, 9.17) is 9.47 Å². The van der Waals surface area contributed by atoms with Gasteiger partial charge in [0.15, 0.2) is 0 Å². The van der Waals surface area contributed by atoms with Crippen molar-refractivity contribution in [3.05, 3.63) is 30.5 Å². The van der Waals surface area contributed by atoms with Gasteiger partial charge in [0, 0.05) is 25.5 Å². The summed E-state index contributed by atoms with van der Waals surface area (Å²) in [6.45, 7) is 4.22. The van der Waals surface area contributed by atoms with Gasteiger partial charge in [-0.15, -0.1) is 13.2 Å². The van der Waals surface area contributed by atoms with Crippen LogP contribution in [-0.4, -0.2) is 42.2 Å². The summed E-state index contributed by atoms with van der Waals surface area (Å²) in [5.41, 5.74) is 1.29. The molecule has 1 aliphatic carbocycles. The lowest BCUT2D eigenvalue weighted by Crippen LogP contribution is -2.26. The van der Waals surface area contributed by atoms with E-state index in [-0.39, 0.29) is 5.75 Å². The van der Waals surface area contributed by atoms with Crippen molar-refractivity contribution in [2.24, 2.45) is 11.8 Å². The van der Waals surface area contributed by atoms with Gasteiger partial charge in [0.05, 0.1) is 12.2 Å². The van der Waals surface area contributed by atoms with Crippen molar-refractivity contribution in [3.8, 4) is 22.8 Å². The first-order valence-corrected chi connectivity index (χ1v) is 11.6. The summed E-state index contributed by atoms with van der Waals surface area (Å²) < 4.78 is 53.0. The zero-order valence-electron chi connectivity index (χ0n) is 18.7. The molecule has 1 aromatic carbocycles. The summed E-state index contributed by atoms with van der Waals surface area (Å²) in [5.74, 6) is 1.78. The molecule has 33 heavy (non-hydrogen) atoms. The molecule has 2 aromatic rings. The van der Waals surface area contributed by atoms with Crippen molar-refractivity contribution < 1.29 is 27.4 Å². The van der Waals surface area contributed by atoms with Crippen molar-refractivity contribution in [1.82, 2.24) is 9.97 Å². The fourth-order valence-corrected chi connectivity index (χ4v) is 4.28. The molecule has 0 radical (unpaired) electrons. The average molecular weight is 466 g/mol. The molecular weight excluding hydrogens is 435 g/mol. The van der Waals surface area contributed by atoms with Crippen molar-refractivity contribution in [2.75, 3.05) is 25.1 Å². The molecule has 4 rings (SSSR count). The Balaban J connectivity index is 1.52. The van der Waals surface area contributed by atoms with Gasteiger partial charge < -0.3 is 19.5 Å². The molecule has 1 saturated carbocycles. The van der Waals surface area contributed by atoms with Gasteiger partial charge in [-0.25, -0.2) is 4.98 Å². The number of alkyl halides is 3. The van der Waals surface area contributed by atoms with E-state index in [0.29, 0.717) is 41.5 Å². The van der Waals surface area contributed by atoms with Gasteiger partial charge in [-0.2, -0.15) is 4.98 Å². The molecule has 180 valence electrons. The summed E-state index contributed by atoms with van der Waals surface area (Å²) >= 11 is 0. The maximum atomic E-state index is 12.5. The minimum atomic E-state index is -4.73. The third-order valence-electron chi connectivity index (χ3n) is 6.30. The number of hydrogen-bond donors (Lipinski definition) is 1. The standard InChI is InChI=1S/C24H30F3N3O3/c1-16-2-6-19(7-3-16)29-23-28-14-21(18-4-8-20(9-5-18)33-24(25,26)27)22(30-23)32-15-17-10-12-31-13-11-17/h4-5,8-9,14,16-17,19H,2-3,6-7,10-13,15H2,1H3,(H,28,29,30)/t16-,19-. The van der Waals surface area contributed by atoms with Crippen molar-refractivity contribution in [3.63, 3.8) is 0 Å². The number of ether oxygens (including phenoxy) is 3. The molecule has 9 heteroatoms. The summed E-state index contributed by atoms with van der Waals surface area (Å²) in [5, 5.41) is 3.43. The second-order valence-corrected chi connectivity index (χ2v) is 8.95. The van der Waals surface area contributed by atoms with E-state index in [2.05, 4.69) is 26.9 Å². The highest BCUT2D eigenvalue weighted by Crippen LogP contribution is 2.33. The first-order valence-electron chi connectivity index (χ1n) is 11.6. The number of benzene rings is 1. The maximum absolute atomic E-state index is 12.5. The van der Waals surface area contributed by atoms with Crippen LogP contribution in [0.5, 0.6) is 11.6 Å². The molecule has 1 N–H and O–H groups in total. The summed E-state index contributed by atoms with van der Waals surface area (Å²) in [6, 6.07) is 5.99. The van der Waals surface area contributed by atoms with Gasteiger partial charge in [0.1, 0.15) is 5.75 Å². The summed E-state index contributed by atoms with van der Waals surface area (Å²) in [7, 11) is 0. The van der Waals surface area contributed by atoms with Crippen LogP contribution >= 0.6 is 0 Å². The molecule has 1 saturated heterocycles. The Labute approximate surface area is 191 Å². The Morgan fingerprint density at radius 2 is 1.73 bits per heavy atom. The average Bonchev–Trinajstić information content (AvgIpc) is 2.80. The number of halogens is 3. The second-order valence-electron chi connectivity index (χ2n) is 8.95. The third kappa shape index (κ3) is 6.96. The van der Waals surface area contributed by atoms with Gasteiger partial charge in [-0.3, -0.25) is 0 Å². The zero-order valence-corrected chi connectivity index (χ0v) is 18.7. The van der Waals surface area contributed by atoms with Crippen LogP contribution in [0.1, 0.15) is 45.4 Å². The Hall–Kier alpha value is -2.55. The van der Waals surface area contributed by atoms with Gasteiger partial charge >= 0.3 is 6.36 Å². The minimum Gasteiger partial charge on any atom is -0.477 e. The number of nitrogens with zero attached hydrogens (tertiary/aromatic N) is 2. The summed E-state index contributed by atoms with van der Waals surface area (Å²) in [4.78, 5) is 9.11. The van der Waals surface area contributed by atoms with E-state index in [1.54, 1.807) is 18.3 Å². The lowest BCUT2D eigenvalue weighted by atomic mass is 9.87. The Bertz CT molecular complexity index is 894. The van der Waals surface area contributed by atoms with E-state index < -0.39 is 6.36 Å². The van der Waals surface area contributed by atoms with E-state index in [0.717, 1.165) is 44.8 Å². The molecule has 6 nitrogen and oxygen atoms in total. The first kappa shape index (κ1) is 23.6. The number of nitrogens with one attached hydrogen (secondary N) is 1. The minimum absolute atomic E-state index is 0.276. The van der Waals surface area contributed by atoms with Crippen molar-refractivity contribution in [2.45, 2.75) is 57.9 Å². The van der Waals surface area contributed by atoms with E-state index >= 15 is 0 Å². The monoisotopic (exact) mass is 465 g/mol. The lowest BCUT2D eigenvalue weighted by Gasteiger charge is -2.27. The van der Waals surface area contributed by atoms with Crippen LogP contribution in [0.2, 0.25) is 0 Å². The first-order chi connectivity index (χ1) is 15.9. The highest BCUT2D eigenvalue weighted by molar-refractivity contribution is 5.69. The molecule has 0 spiro atoms. The van der Waals surface area contributed by atoms with Gasteiger partial charge in [0.25, 0.3) is 0 Å². The third-order valence-corrected chi connectivity index (χ3v) is 6.30. The Morgan fingerprint density at radius 3 is 2.39 bits per heavy atom. The van der Waals surface area contributed by atoms with Crippen LogP contribution in [0.4, 0.5) is 19.1 Å². The predicted octanol–water partition coefficient (Wildman–Crippen LogP) is 5.84. The Kier molecular flexibility index (Phi) is 7.57. The number of rotatable bonds is 7. The molecule has 1 aliphatic heterocycles. The van der Waals surface area contributed by atoms with Crippen LogP contribution in [0.3, 0.4) is 0 Å². The Morgan fingerprint density at radius 1 is 1.03 bits per heavy atom. The van der Waals surface area contributed by atoms with Crippen LogP contribution < -0.4 is 14.8 Å². The van der Waals surface area contributed by atoms with Crippen LogP contribution in [0, 0.1) is 11.8 Å². The molecule has 1 aromatic heterocycles. The molecule has 2 fully saturated rings. The van der Waals surface area contributed by atoms with Crippen LogP contribution in [0.15, 0.2) is 30.5 Å². The number of anilines is 1. The smallest absolute Gasteiger partial charge is 0.477 e. The fraction of sp³-hybridized carbons (Fsp3) is 0.583. The van der Waals surface area contributed by atoms with E-state index in [1.165, 1.54) is 25.0 Å². The van der Waals surface area contributed by atoms with Gasteiger partial charge in [-0.1, -0.05) is 19.1 Å². The molecular formula is C24H30F3N3O3. The van der Waals surface area contributed by atoms with Crippen LogP contribution in [0.25, 0.3) is 11.1 Å². The SMILES string of the molecule is C[C@H]1CC[C@H](Nc2ncc(-c3ccc(OC(F)(F)F)cc3)c(OCC3CCOCC3)n2)CC1. The predicted molar refractivity (Wildman–Crippen MR) is 118 cm³/mol. The molecule has 0 unspecified atom stereocenters. The number of hydrogen-bond acceptors (Lipinski definition) is 6. The van der Waals surface area contributed by atoms with Gasteiger partial charge in [-0.05, 0) is 68.1 Å². The molecule has 0 bridgehead atoms. The molecule has 0 amide bonds. The quantitative estimate of drug-likeness (QED) is 0.554. The normalized spacial score (nSPS) is 22.1. The topological polar surface area (TPSA) is 65.5 Å². The van der Waals surface area contributed by atoms with Crippen molar-refractivity contribution in [1.29, 1.82) is 0 Å². The fourth-order valence-electron chi connectivity index (χ4n) is 4.28.